The summed E-state index contributed by atoms with van der Waals surface area (Å²) in [4.78, 5) is 0. The number of rotatable bonds is 2. The molecule has 0 aliphatic rings. The first-order valence-electron chi connectivity index (χ1n) is 3.68. The summed E-state index contributed by atoms with van der Waals surface area (Å²) >= 11 is 0. The van der Waals surface area contributed by atoms with Crippen LogP contribution in [-0.2, 0) is 0 Å². The second-order valence-corrected chi connectivity index (χ2v) is 13.8. The minimum absolute atomic E-state index is 0. The number of hydrogen-bond donors (Lipinski definition) is 1. The maximum absolute atomic E-state index is 6.06. The third kappa shape index (κ3) is 7.36. The van der Waals surface area contributed by atoms with Gasteiger partial charge in [0.25, 0.3) is 0 Å². The molecule has 2 N–H and O–H groups in total. The molecule has 0 unspecified atom stereocenters. The van der Waals surface area contributed by atoms with Crippen LogP contribution in [0.5, 0.6) is 0 Å². The molecule has 0 saturated carbocycles. The molecule has 0 atom stereocenters. The summed E-state index contributed by atoms with van der Waals surface area (Å²) in [7, 11) is -0.462. The number of nitrogens with two attached hydrogens (primary N) is 1. The van der Waals surface area contributed by atoms with Gasteiger partial charge in [0.15, 0.2) is 8.40 Å². The summed E-state index contributed by atoms with van der Waals surface area (Å²) in [5.41, 5.74) is 0. The van der Waals surface area contributed by atoms with Crippen molar-refractivity contribution in [1.29, 1.82) is 0 Å². The fraction of sp³-hybridized carbons (Fsp3) is 1.00. The van der Waals surface area contributed by atoms with Crippen molar-refractivity contribution in [2.75, 3.05) is 7.05 Å². The van der Waals surface area contributed by atoms with Gasteiger partial charge in [-0.15, -0.1) is 0 Å². The van der Waals surface area contributed by atoms with Crippen molar-refractivity contribution in [3.05, 3.63) is 0 Å². The minimum atomic E-state index is -1.50. The molecule has 0 aromatic heterocycles. The summed E-state index contributed by atoms with van der Waals surface area (Å²) in [6.45, 7) is 11.4. The van der Waals surface area contributed by atoms with Gasteiger partial charge in [-0.25, -0.2) is 0 Å². The van der Waals surface area contributed by atoms with Gasteiger partial charge in [0.1, 0.15) is 8.24 Å². The molecule has 0 saturated heterocycles. The van der Waals surface area contributed by atoms with Crippen molar-refractivity contribution in [3.63, 3.8) is 0 Å². The van der Waals surface area contributed by atoms with E-state index in [0.29, 0.717) is 0 Å². The molecule has 2 nitrogen and oxygen atoms in total. The van der Waals surface area contributed by atoms with Crippen LogP contribution in [0.15, 0.2) is 0 Å². The fourth-order valence-electron chi connectivity index (χ4n) is 0.864. The molecule has 0 fully saturated rings. The predicted octanol–water partition coefficient (Wildman–Crippen LogP) is 0.117. The Kier molecular flexibility index (Phi) is 10.5. The van der Waals surface area contributed by atoms with Gasteiger partial charge in [-0.05, 0) is 20.1 Å². The Morgan fingerprint density at radius 3 is 1.25 bits per heavy atom. The molecular weight excluding hydrogens is 186 g/mol. The molecule has 0 rings (SSSR count). The molecule has 0 aliphatic carbocycles. The summed E-state index contributed by atoms with van der Waals surface area (Å²) < 4.78 is 2.43. The Hall–Kier alpha value is 1.95. The Morgan fingerprint density at radius 1 is 1.00 bits per heavy atom. The zero-order chi connectivity index (χ0) is 8.58. The van der Waals surface area contributed by atoms with Crippen molar-refractivity contribution >= 4 is 65.1 Å². The molecule has 0 radical (unpaired) electrons. The van der Waals surface area contributed by atoms with Gasteiger partial charge in [-0.3, -0.25) is 0 Å². The molecular formula is C6H22LiN2NaSi2. The van der Waals surface area contributed by atoms with Crippen LogP contribution >= 0.6 is 0 Å². The van der Waals surface area contributed by atoms with E-state index in [-0.39, 0.29) is 48.4 Å². The quantitative estimate of drug-likeness (QED) is 0.653. The molecule has 12 heavy (non-hydrogen) atoms. The molecule has 0 bridgehead atoms. The van der Waals surface area contributed by atoms with Crippen LogP contribution in [0.2, 0.25) is 32.7 Å². The Bertz CT molecular complexity index is 108. The Morgan fingerprint density at radius 2 is 1.25 bits per heavy atom. The third-order valence-corrected chi connectivity index (χ3v) is 9.35. The third-order valence-electron chi connectivity index (χ3n) is 1.87. The van der Waals surface area contributed by atoms with E-state index >= 15 is 0 Å². The van der Waals surface area contributed by atoms with Crippen molar-refractivity contribution in [2.24, 2.45) is 5.40 Å². The van der Waals surface area contributed by atoms with Gasteiger partial charge in [-0.1, -0.05) is 19.6 Å². The summed E-state index contributed by atoms with van der Waals surface area (Å²) in [6, 6.07) is 0. The molecule has 0 heterocycles. The molecule has 66 valence electrons. The zero-order valence-electron chi connectivity index (χ0n) is 8.02. The standard InChI is InChI=1S/C6H20N2Si2.Li.Na.2H/c1-8(9(2,3)4)10(5,6)7;;;;/h7H2,1-6H3;;;;. The summed E-state index contributed by atoms with van der Waals surface area (Å²) in [5, 5.41) is 6.06. The van der Waals surface area contributed by atoms with Crippen LogP contribution in [0.4, 0.5) is 0 Å². The van der Waals surface area contributed by atoms with Crippen LogP contribution in [0, 0.1) is 0 Å². The van der Waals surface area contributed by atoms with Crippen LogP contribution in [0.25, 0.3) is 0 Å². The Labute approximate surface area is 113 Å². The molecule has 0 aromatic carbocycles. The monoisotopic (exact) mass is 208 g/mol. The first-order valence-corrected chi connectivity index (χ1v) is 10.2. The summed E-state index contributed by atoms with van der Waals surface area (Å²) in [6.07, 6.45) is 0. The zero-order valence-corrected chi connectivity index (χ0v) is 10.0. The van der Waals surface area contributed by atoms with E-state index in [1.807, 2.05) is 0 Å². The SMILES string of the molecule is CN([Si](C)(C)C)[Si](C)(C)N.[LiH].[NaH]. The van der Waals surface area contributed by atoms with Gasteiger partial charge < -0.3 is 9.63 Å². The van der Waals surface area contributed by atoms with E-state index in [9.17, 15) is 0 Å². The second-order valence-electron chi connectivity index (χ2n) is 4.38. The topological polar surface area (TPSA) is 29.3 Å². The molecule has 0 spiro atoms. The maximum atomic E-state index is 6.06. The van der Waals surface area contributed by atoms with Crippen LogP contribution in [0.1, 0.15) is 0 Å². The van der Waals surface area contributed by atoms with Gasteiger partial charge >= 0.3 is 48.4 Å². The van der Waals surface area contributed by atoms with Crippen molar-refractivity contribution in [1.82, 2.24) is 4.23 Å². The van der Waals surface area contributed by atoms with Crippen molar-refractivity contribution in [2.45, 2.75) is 32.7 Å². The fourth-order valence-corrected chi connectivity index (χ4v) is 7.78. The van der Waals surface area contributed by atoms with Crippen LogP contribution in [0.3, 0.4) is 0 Å². The van der Waals surface area contributed by atoms with E-state index in [0.717, 1.165) is 0 Å². The predicted molar refractivity (Wildman–Crippen MR) is 67.1 cm³/mol. The Balaban J connectivity index is -0.000000405. The van der Waals surface area contributed by atoms with Gasteiger partial charge in [-0.2, -0.15) is 0 Å². The number of hydrogen-bond acceptors (Lipinski definition) is 2. The van der Waals surface area contributed by atoms with E-state index in [1.165, 1.54) is 0 Å². The van der Waals surface area contributed by atoms with Crippen molar-refractivity contribution < 1.29 is 0 Å². The second kappa shape index (κ2) is 6.44. The normalized spacial score (nSPS) is 12.0. The van der Waals surface area contributed by atoms with Crippen LogP contribution in [-0.4, -0.2) is 76.3 Å². The molecule has 0 aromatic rings. The van der Waals surface area contributed by atoms with E-state index in [2.05, 4.69) is 44.0 Å². The van der Waals surface area contributed by atoms with Crippen molar-refractivity contribution in [3.8, 4) is 0 Å². The van der Waals surface area contributed by atoms with Gasteiger partial charge in [0.05, 0.1) is 0 Å². The summed E-state index contributed by atoms with van der Waals surface area (Å²) in [5.74, 6) is 0. The van der Waals surface area contributed by atoms with Gasteiger partial charge in [0, 0.05) is 0 Å². The average molecular weight is 208 g/mol. The van der Waals surface area contributed by atoms with E-state index in [1.54, 1.807) is 0 Å². The molecule has 0 aliphatic heterocycles. The van der Waals surface area contributed by atoms with Gasteiger partial charge in [0.2, 0.25) is 0 Å². The average Bonchev–Trinajstić information content (AvgIpc) is 1.59. The first-order chi connectivity index (χ1) is 4.15. The van der Waals surface area contributed by atoms with E-state index in [4.69, 9.17) is 5.40 Å². The number of nitrogens with zero attached hydrogens (tertiary/aromatic N) is 1. The first kappa shape index (κ1) is 19.5. The van der Waals surface area contributed by atoms with E-state index < -0.39 is 16.6 Å². The van der Waals surface area contributed by atoms with Crippen LogP contribution < -0.4 is 5.40 Å². The molecule has 6 heteroatoms. The molecule has 0 amide bonds.